The smallest absolute Gasteiger partial charge is 0.222 e. The van der Waals surface area contributed by atoms with Crippen molar-refractivity contribution in [3.63, 3.8) is 0 Å². The van der Waals surface area contributed by atoms with Gasteiger partial charge in [0.1, 0.15) is 0 Å². The van der Waals surface area contributed by atoms with Gasteiger partial charge in [0, 0.05) is 44.0 Å². The summed E-state index contributed by atoms with van der Waals surface area (Å²) in [6, 6.07) is 0. The summed E-state index contributed by atoms with van der Waals surface area (Å²) >= 11 is 0. The first-order chi connectivity index (χ1) is 10.3. The van der Waals surface area contributed by atoms with Crippen molar-refractivity contribution in [1.82, 2.24) is 25.0 Å². The summed E-state index contributed by atoms with van der Waals surface area (Å²) in [6.07, 6.45) is 9.23. The number of aromatic nitrogens is 4. The number of piperidine rings is 1. The van der Waals surface area contributed by atoms with Crippen LogP contribution < -0.4 is 0 Å². The predicted octanol–water partition coefficient (Wildman–Crippen LogP) is 1.20. The summed E-state index contributed by atoms with van der Waals surface area (Å²) in [5, 5.41) is 3.88. The van der Waals surface area contributed by atoms with Crippen LogP contribution in [0.3, 0.4) is 0 Å². The molecule has 0 atom stereocenters. The summed E-state index contributed by atoms with van der Waals surface area (Å²) in [7, 11) is 0. The average molecular weight is 287 g/mol. The number of nitrogens with zero attached hydrogens (tertiary/aromatic N) is 5. The Morgan fingerprint density at radius 3 is 2.81 bits per heavy atom. The molecule has 1 fully saturated rings. The van der Waals surface area contributed by atoms with Crippen LogP contribution in [0.2, 0.25) is 0 Å². The maximum absolute atomic E-state index is 12.2. The largest absolute Gasteiger partial charge is 0.343 e. The van der Waals surface area contributed by atoms with Crippen LogP contribution in [0.5, 0.6) is 0 Å². The van der Waals surface area contributed by atoms with Crippen LogP contribution in [0.15, 0.2) is 29.5 Å². The van der Waals surface area contributed by atoms with Gasteiger partial charge in [-0.05, 0) is 19.3 Å². The van der Waals surface area contributed by atoms with Crippen molar-refractivity contribution in [2.45, 2.75) is 31.6 Å². The molecule has 21 heavy (non-hydrogen) atoms. The van der Waals surface area contributed by atoms with E-state index in [1.165, 1.54) is 6.39 Å². The summed E-state index contributed by atoms with van der Waals surface area (Å²) < 4.78 is 4.78. The number of hydrogen-bond acceptors (Lipinski definition) is 6. The van der Waals surface area contributed by atoms with Crippen LogP contribution in [0, 0.1) is 0 Å². The highest BCUT2D eigenvalue weighted by Crippen LogP contribution is 2.25. The molecule has 2 aromatic rings. The molecule has 2 aromatic heterocycles. The lowest BCUT2D eigenvalue weighted by molar-refractivity contribution is -0.132. The molecule has 3 heterocycles. The maximum Gasteiger partial charge on any atom is 0.222 e. The fraction of sp³-hybridized carbons (Fsp3) is 0.500. The van der Waals surface area contributed by atoms with Crippen LogP contribution in [0.4, 0.5) is 0 Å². The van der Waals surface area contributed by atoms with Crippen molar-refractivity contribution in [3.05, 3.63) is 36.5 Å². The second-order valence-electron chi connectivity index (χ2n) is 5.14. The van der Waals surface area contributed by atoms with Gasteiger partial charge < -0.3 is 9.42 Å². The van der Waals surface area contributed by atoms with Crippen LogP contribution in [-0.4, -0.2) is 44.0 Å². The molecule has 0 N–H and O–H groups in total. The summed E-state index contributed by atoms with van der Waals surface area (Å²) in [4.78, 5) is 26.4. The van der Waals surface area contributed by atoms with E-state index >= 15 is 0 Å². The van der Waals surface area contributed by atoms with Gasteiger partial charge in [-0.25, -0.2) is 0 Å². The number of likely N-dealkylation sites (tertiary alicyclic amines) is 1. The molecule has 1 saturated heterocycles. The SMILES string of the molecule is O=C(CCc1cnccn1)N1CCC(c2ncon2)CC1. The number of carbonyl (C=O) groups is 1. The molecule has 110 valence electrons. The van der Waals surface area contributed by atoms with Crippen LogP contribution in [0.1, 0.15) is 36.7 Å². The lowest BCUT2D eigenvalue weighted by Gasteiger charge is -2.30. The fourth-order valence-electron chi connectivity index (χ4n) is 2.60. The van der Waals surface area contributed by atoms with E-state index in [1.807, 2.05) is 4.90 Å². The van der Waals surface area contributed by atoms with Gasteiger partial charge in [0.15, 0.2) is 5.82 Å². The number of amides is 1. The third-order valence-electron chi connectivity index (χ3n) is 3.80. The van der Waals surface area contributed by atoms with Gasteiger partial charge in [-0.2, -0.15) is 4.98 Å². The zero-order valence-electron chi connectivity index (χ0n) is 11.7. The minimum absolute atomic E-state index is 0.173. The quantitative estimate of drug-likeness (QED) is 0.840. The van der Waals surface area contributed by atoms with Crippen LogP contribution >= 0.6 is 0 Å². The van der Waals surface area contributed by atoms with Gasteiger partial charge in [0.25, 0.3) is 0 Å². The zero-order chi connectivity index (χ0) is 14.5. The molecule has 0 saturated carbocycles. The molecule has 0 unspecified atom stereocenters. The Kier molecular flexibility index (Phi) is 4.18. The predicted molar refractivity (Wildman–Crippen MR) is 73.2 cm³/mol. The molecule has 0 aliphatic carbocycles. The highest BCUT2D eigenvalue weighted by Gasteiger charge is 2.25. The van der Waals surface area contributed by atoms with E-state index in [0.717, 1.165) is 37.4 Å². The van der Waals surface area contributed by atoms with Gasteiger partial charge in [-0.3, -0.25) is 14.8 Å². The molecule has 1 amide bonds. The Bertz CT molecular complexity index is 564. The van der Waals surface area contributed by atoms with Crippen molar-refractivity contribution < 1.29 is 9.32 Å². The van der Waals surface area contributed by atoms with E-state index in [0.29, 0.717) is 18.8 Å². The Morgan fingerprint density at radius 2 is 2.14 bits per heavy atom. The molecule has 1 aliphatic heterocycles. The van der Waals surface area contributed by atoms with Gasteiger partial charge in [0.05, 0.1) is 5.69 Å². The maximum atomic E-state index is 12.2. The van der Waals surface area contributed by atoms with Gasteiger partial charge in [-0.15, -0.1) is 0 Å². The van der Waals surface area contributed by atoms with E-state index in [1.54, 1.807) is 18.6 Å². The second-order valence-corrected chi connectivity index (χ2v) is 5.14. The molecule has 0 radical (unpaired) electrons. The minimum atomic E-state index is 0.173. The first-order valence-corrected chi connectivity index (χ1v) is 7.12. The number of hydrogen-bond donors (Lipinski definition) is 0. The molecule has 0 bridgehead atoms. The fourth-order valence-corrected chi connectivity index (χ4v) is 2.60. The first kappa shape index (κ1) is 13.7. The summed E-state index contributed by atoms with van der Waals surface area (Å²) in [6.45, 7) is 1.50. The van der Waals surface area contributed by atoms with E-state index in [2.05, 4.69) is 20.1 Å². The van der Waals surface area contributed by atoms with Crippen molar-refractivity contribution in [1.29, 1.82) is 0 Å². The molecular weight excluding hydrogens is 270 g/mol. The normalized spacial score (nSPS) is 16.1. The molecule has 0 aromatic carbocycles. The molecular formula is C14H17N5O2. The van der Waals surface area contributed by atoms with Crippen LogP contribution in [0.25, 0.3) is 0 Å². The summed E-state index contributed by atoms with van der Waals surface area (Å²) in [5.74, 6) is 1.22. The monoisotopic (exact) mass is 287 g/mol. The van der Waals surface area contributed by atoms with Crippen molar-refractivity contribution in [3.8, 4) is 0 Å². The molecule has 0 spiro atoms. The number of carbonyl (C=O) groups excluding carboxylic acids is 1. The van der Waals surface area contributed by atoms with Gasteiger partial charge >= 0.3 is 0 Å². The zero-order valence-corrected chi connectivity index (χ0v) is 11.7. The van der Waals surface area contributed by atoms with E-state index in [-0.39, 0.29) is 5.91 Å². The minimum Gasteiger partial charge on any atom is -0.343 e. The lowest BCUT2D eigenvalue weighted by Crippen LogP contribution is -2.38. The molecule has 7 nitrogen and oxygen atoms in total. The molecule has 7 heteroatoms. The Labute approximate surface area is 122 Å². The van der Waals surface area contributed by atoms with Crippen molar-refractivity contribution in [2.24, 2.45) is 0 Å². The van der Waals surface area contributed by atoms with Crippen LogP contribution in [-0.2, 0) is 11.2 Å². The highest BCUT2D eigenvalue weighted by molar-refractivity contribution is 5.76. The van der Waals surface area contributed by atoms with E-state index < -0.39 is 0 Å². The Morgan fingerprint density at radius 1 is 1.29 bits per heavy atom. The molecule has 3 rings (SSSR count). The third kappa shape index (κ3) is 3.42. The first-order valence-electron chi connectivity index (χ1n) is 7.12. The van der Waals surface area contributed by atoms with Crippen molar-refractivity contribution in [2.75, 3.05) is 13.1 Å². The number of aryl methyl sites for hydroxylation is 1. The van der Waals surface area contributed by atoms with Gasteiger partial charge in [0.2, 0.25) is 12.3 Å². The summed E-state index contributed by atoms with van der Waals surface area (Å²) in [5.41, 5.74) is 0.854. The standard InChI is InChI=1S/C14H17N5O2/c20-13(2-1-12-9-15-5-6-16-12)19-7-3-11(4-8-19)14-17-10-21-18-14/h5-6,9-11H,1-4,7-8H2. The second kappa shape index (κ2) is 6.43. The van der Waals surface area contributed by atoms with Gasteiger partial charge in [-0.1, -0.05) is 5.16 Å². The topological polar surface area (TPSA) is 85.0 Å². The number of rotatable bonds is 4. The van der Waals surface area contributed by atoms with Crippen molar-refractivity contribution >= 4 is 5.91 Å². The Hall–Kier alpha value is -2.31. The highest BCUT2D eigenvalue weighted by atomic mass is 16.5. The van der Waals surface area contributed by atoms with E-state index in [9.17, 15) is 4.79 Å². The molecule has 1 aliphatic rings. The Balaban J connectivity index is 1.47. The lowest BCUT2D eigenvalue weighted by atomic mass is 9.96. The van der Waals surface area contributed by atoms with E-state index in [4.69, 9.17) is 4.52 Å². The average Bonchev–Trinajstić information content (AvgIpc) is 3.08. The third-order valence-corrected chi connectivity index (χ3v) is 3.80.